The third kappa shape index (κ3) is 4.41. The molecule has 0 amide bonds. The first-order valence-electron chi connectivity index (χ1n) is 8.08. The highest BCUT2D eigenvalue weighted by molar-refractivity contribution is 5.87. The number of hydrogen-bond acceptors (Lipinski definition) is 3. The Morgan fingerprint density at radius 2 is 1.91 bits per heavy atom. The summed E-state index contributed by atoms with van der Waals surface area (Å²) in [6.45, 7) is 9.70. The quantitative estimate of drug-likeness (QED) is 0.469. The molecule has 0 unspecified atom stereocenters. The molecule has 1 fully saturated rings. The summed E-state index contributed by atoms with van der Waals surface area (Å²) in [5.41, 5.74) is 2.23. The maximum Gasteiger partial charge on any atom is 0.335 e. The van der Waals surface area contributed by atoms with Crippen LogP contribution in [0.2, 0.25) is 0 Å². The summed E-state index contributed by atoms with van der Waals surface area (Å²) in [5.74, 6) is 1.10. The van der Waals surface area contributed by atoms with Crippen LogP contribution in [0, 0.1) is 17.8 Å². The Hall–Kier alpha value is -2.16. The van der Waals surface area contributed by atoms with Crippen molar-refractivity contribution >= 4 is 17.8 Å². The van der Waals surface area contributed by atoms with Gasteiger partial charge in [-0.05, 0) is 36.0 Å². The molecule has 1 aliphatic rings. The molecule has 1 aromatic carbocycles. The second-order valence-corrected chi connectivity index (χ2v) is 6.61. The number of benzene rings is 1. The van der Waals surface area contributed by atoms with E-state index >= 15 is 0 Å². The van der Waals surface area contributed by atoms with Crippen LogP contribution in [0.1, 0.15) is 39.2 Å². The van der Waals surface area contributed by atoms with E-state index < -0.39 is 5.97 Å². The van der Waals surface area contributed by atoms with Gasteiger partial charge in [-0.25, -0.2) is 4.79 Å². The van der Waals surface area contributed by atoms with Crippen LogP contribution in [0.15, 0.2) is 42.5 Å². The molecule has 1 aliphatic carbocycles. The minimum absolute atomic E-state index is 0.0180. The van der Waals surface area contributed by atoms with Crippen molar-refractivity contribution in [2.24, 2.45) is 17.8 Å². The third-order valence-electron chi connectivity index (χ3n) is 4.16. The minimum Gasteiger partial charge on any atom is -0.423 e. The van der Waals surface area contributed by atoms with Gasteiger partial charge in [0, 0.05) is 18.4 Å². The molecule has 0 N–H and O–H groups in total. The molecule has 0 aliphatic heterocycles. The van der Waals surface area contributed by atoms with E-state index in [-0.39, 0.29) is 5.92 Å². The van der Waals surface area contributed by atoms with Gasteiger partial charge >= 0.3 is 5.97 Å². The second-order valence-electron chi connectivity index (χ2n) is 6.61. The molecule has 0 radical (unpaired) electrons. The van der Waals surface area contributed by atoms with Gasteiger partial charge in [0.25, 0.3) is 0 Å². The van der Waals surface area contributed by atoms with Crippen LogP contribution in [-0.2, 0) is 9.59 Å². The Morgan fingerprint density at radius 3 is 2.48 bits per heavy atom. The van der Waals surface area contributed by atoms with Crippen molar-refractivity contribution in [1.82, 2.24) is 0 Å². The zero-order chi connectivity index (χ0) is 17.0. The summed E-state index contributed by atoms with van der Waals surface area (Å²) in [5, 5.41) is 0. The van der Waals surface area contributed by atoms with Crippen LogP contribution in [0.4, 0.5) is 0 Å². The second kappa shape index (κ2) is 7.40. The van der Waals surface area contributed by atoms with E-state index in [1.807, 2.05) is 12.1 Å². The van der Waals surface area contributed by atoms with Gasteiger partial charge < -0.3 is 4.74 Å². The topological polar surface area (TPSA) is 43.4 Å². The molecule has 2 atom stereocenters. The lowest BCUT2D eigenvalue weighted by molar-refractivity contribution is -0.129. The van der Waals surface area contributed by atoms with E-state index in [4.69, 9.17) is 4.74 Å². The van der Waals surface area contributed by atoms with Crippen LogP contribution in [-0.4, -0.2) is 11.8 Å². The predicted octanol–water partition coefficient (Wildman–Crippen LogP) is 4.43. The molecular weight excluding hydrogens is 288 g/mol. The van der Waals surface area contributed by atoms with Gasteiger partial charge in [-0.1, -0.05) is 51.1 Å². The minimum atomic E-state index is -0.470. The van der Waals surface area contributed by atoms with Gasteiger partial charge in [-0.3, -0.25) is 4.79 Å². The van der Waals surface area contributed by atoms with E-state index in [1.165, 1.54) is 5.57 Å². The van der Waals surface area contributed by atoms with Crippen molar-refractivity contribution in [2.75, 3.05) is 0 Å². The molecule has 3 nitrogen and oxygen atoms in total. The van der Waals surface area contributed by atoms with Crippen molar-refractivity contribution in [1.29, 1.82) is 0 Å². The Bertz CT molecular complexity index is 623. The molecule has 2 rings (SSSR count). The Labute approximate surface area is 138 Å². The normalized spacial score (nSPS) is 23.1. The SMILES string of the molecule is C=CC(=O)Oc1ccc(/C=C2\C[C@H](C)CC(=O)[C@@H]2C(C)C)cc1. The maximum atomic E-state index is 12.3. The number of rotatable bonds is 4. The van der Waals surface area contributed by atoms with Crippen LogP contribution in [0.5, 0.6) is 5.75 Å². The lowest BCUT2D eigenvalue weighted by Crippen LogP contribution is -2.29. The van der Waals surface area contributed by atoms with Crippen molar-refractivity contribution in [3.63, 3.8) is 0 Å². The molecule has 23 heavy (non-hydrogen) atoms. The number of carbonyl (C=O) groups is 2. The molecule has 1 saturated carbocycles. The van der Waals surface area contributed by atoms with E-state index in [0.717, 1.165) is 18.1 Å². The number of Topliss-reactive ketones (excluding diaryl/α,β-unsaturated/α-hetero) is 1. The molecule has 122 valence electrons. The van der Waals surface area contributed by atoms with Gasteiger partial charge in [0.1, 0.15) is 11.5 Å². The van der Waals surface area contributed by atoms with E-state index in [2.05, 4.69) is 33.4 Å². The fraction of sp³-hybridized carbons (Fsp3) is 0.400. The molecule has 0 bridgehead atoms. The average Bonchev–Trinajstić information content (AvgIpc) is 2.48. The summed E-state index contributed by atoms with van der Waals surface area (Å²) in [6.07, 6.45) is 4.88. The highest BCUT2D eigenvalue weighted by Gasteiger charge is 2.32. The molecule has 1 aromatic rings. The highest BCUT2D eigenvalue weighted by atomic mass is 16.5. The van der Waals surface area contributed by atoms with E-state index in [0.29, 0.717) is 29.8 Å². The van der Waals surface area contributed by atoms with Crippen molar-refractivity contribution in [3.05, 3.63) is 48.1 Å². The molecule has 0 heterocycles. The number of ketones is 1. The average molecular weight is 312 g/mol. The Kier molecular flexibility index (Phi) is 5.54. The molecular formula is C20H24O3. The number of hydrogen-bond donors (Lipinski definition) is 0. The van der Waals surface area contributed by atoms with Gasteiger partial charge in [0.05, 0.1) is 0 Å². The van der Waals surface area contributed by atoms with Gasteiger partial charge in [0.15, 0.2) is 0 Å². The van der Waals surface area contributed by atoms with Gasteiger partial charge in [-0.2, -0.15) is 0 Å². The van der Waals surface area contributed by atoms with Crippen LogP contribution >= 0.6 is 0 Å². The smallest absolute Gasteiger partial charge is 0.335 e. The van der Waals surface area contributed by atoms with Crippen molar-refractivity contribution in [2.45, 2.75) is 33.6 Å². The predicted molar refractivity (Wildman–Crippen MR) is 92.0 cm³/mol. The number of ether oxygens (including phenoxy) is 1. The zero-order valence-corrected chi connectivity index (χ0v) is 14.0. The summed E-state index contributed by atoms with van der Waals surface area (Å²) in [4.78, 5) is 23.5. The summed E-state index contributed by atoms with van der Waals surface area (Å²) < 4.78 is 5.07. The molecule has 3 heteroatoms. The fourth-order valence-corrected chi connectivity index (χ4v) is 3.23. The van der Waals surface area contributed by atoms with Crippen LogP contribution in [0.25, 0.3) is 6.08 Å². The van der Waals surface area contributed by atoms with Crippen LogP contribution < -0.4 is 4.74 Å². The summed E-state index contributed by atoms with van der Waals surface area (Å²) in [6, 6.07) is 7.32. The van der Waals surface area contributed by atoms with Crippen LogP contribution in [0.3, 0.4) is 0 Å². The van der Waals surface area contributed by atoms with Gasteiger partial charge in [0.2, 0.25) is 0 Å². The van der Waals surface area contributed by atoms with E-state index in [1.54, 1.807) is 12.1 Å². The lowest BCUT2D eigenvalue weighted by Gasteiger charge is -2.31. The van der Waals surface area contributed by atoms with E-state index in [9.17, 15) is 9.59 Å². The summed E-state index contributed by atoms with van der Waals surface area (Å²) in [7, 11) is 0. The largest absolute Gasteiger partial charge is 0.423 e. The first-order chi connectivity index (χ1) is 10.9. The lowest BCUT2D eigenvalue weighted by atomic mass is 9.72. The highest BCUT2D eigenvalue weighted by Crippen LogP contribution is 2.36. The molecule has 0 spiro atoms. The monoisotopic (exact) mass is 312 g/mol. The van der Waals surface area contributed by atoms with Gasteiger partial charge in [-0.15, -0.1) is 0 Å². The first-order valence-corrected chi connectivity index (χ1v) is 8.08. The zero-order valence-electron chi connectivity index (χ0n) is 14.0. The number of allylic oxidation sites excluding steroid dienone is 1. The Balaban J connectivity index is 2.22. The Morgan fingerprint density at radius 1 is 1.26 bits per heavy atom. The molecule has 0 aromatic heterocycles. The summed E-state index contributed by atoms with van der Waals surface area (Å²) >= 11 is 0. The number of esters is 1. The van der Waals surface area contributed by atoms with Crippen molar-refractivity contribution < 1.29 is 14.3 Å². The standard InChI is InChI=1S/C20H24O3/c1-5-19(22)23-17-8-6-15(7-9-17)12-16-10-14(4)11-18(21)20(16)13(2)3/h5-9,12-14,20H,1,10-11H2,2-4H3/b16-12+/t14-,20+/m0/s1. The molecule has 0 saturated heterocycles. The maximum absolute atomic E-state index is 12.3. The third-order valence-corrected chi connectivity index (χ3v) is 4.16. The fourth-order valence-electron chi connectivity index (χ4n) is 3.23. The first kappa shape index (κ1) is 17.2. The number of carbonyl (C=O) groups excluding carboxylic acids is 2. The van der Waals surface area contributed by atoms with Crippen molar-refractivity contribution in [3.8, 4) is 5.75 Å².